The van der Waals surface area contributed by atoms with Gasteiger partial charge in [0, 0.05) is 25.4 Å². The van der Waals surface area contributed by atoms with Gasteiger partial charge in [0.15, 0.2) is 9.84 Å². The van der Waals surface area contributed by atoms with Crippen LogP contribution in [0.15, 0.2) is 53.7 Å². The molecule has 0 fully saturated rings. The average Bonchev–Trinajstić information content (AvgIpc) is 2.58. The van der Waals surface area contributed by atoms with Crippen molar-refractivity contribution in [2.75, 3.05) is 5.75 Å². The number of carbonyl (C=O) groups excluding carboxylic acids is 1. The summed E-state index contributed by atoms with van der Waals surface area (Å²) in [6, 6.07) is 10.5. The highest BCUT2D eigenvalue weighted by molar-refractivity contribution is 7.91. The molecule has 0 aliphatic heterocycles. The van der Waals surface area contributed by atoms with Crippen molar-refractivity contribution in [3.8, 4) is 0 Å². The Morgan fingerprint density at radius 2 is 1.64 bits per heavy atom. The highest BCUT2D eigenvalue weighted by atomic mass is 32.2. The fourth-order valence-electron chi connectivity index (χ4n) is 2.30. The molecule has 1 aromatic carbocycles. The number of hydrogen-bond donors (Lipinski definition) is 1. The molecule has 1 heterocycles. The van der Waals surface area contributed by atoms with E-state index in [1.807, 2.05) is 12.1 Å². The monoisotopic (exact) mass is 360 g/mol. The number of nitrogens with zero attached hydrogens (tertiary/aromatic N) is 1. The van der Waals surface area contributed by atoms with E-state index in [2.05, 4.69) is 31.1 Å². The second-order valence-corrected chi connectivity index (χ2v) is 9.08. The van der Waals surface area contributed by atoms with Crippen molar-refractivity contribution in [1.82, 2.24) is 10.3 Å². The van der Waals surface area contributed by atoms with Crippen LogP contribution in [0.5, 0.6) is 0 Å². The third-order valence-corrected chi connectivity index (χ3v) is 5.65. The highest BCUT2D eigenvalue weighted by Crippen LogP contribution is 2.23. The summed E-state index contributed by atoms with van der Waals surface area (Å²) in [5.74, 6) is -0.490. The van der Waals surface area contributed by atoms with E-state index in [0.717, 1.165) is 11.1 Å². The van der Waals surface area contributed by atoms with Crippen LogP contribution in [0.2, 0.25) is 0 Å². The predicted molar refractivity (Wildman–Crippen MR) is 97.9 cm³/mol. The van der Waals surface area contributed by atoms with E-state index in [1.165, 1.54) is 0 Å². The molecule has 134 valence electrons. The molecule has 0 spiro atoms. The molecule has 2 aromatic rings. The first-order valence-corrected chi connectivity index (χ1v) is 9.82. The third kappa shape index (κ3) is 5.67. The van der Waals surface area contributed by atoms with Gasteiger partial charge in [-0.15, -0.1) is 0 Å². The highest BCUT2D eigenvalue weighted by Gasteiger charge is 2.18. The summed E-state index contributed by atoms with van der Waals surface area (Å²) >= 11 is 0. The standard InChI is InChI=1S/C19H24N2O3S/c1-19(2,3)16-4-6-17(7-5-16)25(23,24)13-10-18(22)21-14-15-8-11-20-12-9-15/h4-9,11-12H,10,13-14H2,1-3H3,(H,21,22). The maximum absolute atomic E-state index is 12.4. The number of carbonyl (C=O) groups is 1. The van der Waals surface area contributed by atoms with Gasteiger partial charge in [0.25, 0.3) is 0 Å². The lowest BCUT2D eigenvalue weighted by Gasteiger charge is -2.19. The molecule has 5 nitrogen and oxygen atoms in total. The second-order valence-electron chi connectivity index (χ2n) is 6.98. The number of hydrogen-bond acceptors (Lipinski definition) is 4. The van der Waals surface area contributed by atoms with Crippen LogP contribution >= 0.6 is 0 Å². The topological polar surface area (TPSA) is 76.1 Å². The number of pyridine rings is 1. The molecule has 1 aromatic heterocycles. The van der Waals surface area contributed by atoms with Crippen molar-refractivity contribution in [3.05, 3.63) is 59.9 Å². The van der Waals surface area contributed by atoms with Crippen molar-refractivity contribution in [2.45, 2.75) is 44.0 Å². The number of aromatic nitrogens is 1. The van der Waals surface area contributed by atoms with E-state index in [1.54, 1.807) is 36.7 Å². The van der Waals surface area contributed by atoms with Gasteiger partial charge in [0.1, 0.15) is 0 Å². The summed E-state index contributed by atoms with van der Waals surface area (Å²) < 4.78 is 24.8. The van der Waals surface area contributed by atoms with Gasteiger partial charge in [0.05, 0.1) is 10.6 Å². The molecule has 0 radical (unpaired) electrons. The maximum atomic E-state index is 12.4. The molecule has 6 heteroatoms. The van der Waals surface area contributed by atoms with Crippen LogP contribution in [0.1, 0.15) is 38.3 Å². The van der Waals surface area contributed by atoms with Crippen molar-refractivity contribution < 1.29 is 13.2 Å². The van der Waals surface area contributed by atoms with E-state index in [9.17, 15) is 13.2 Å². The lowest BCUT2D eigenvalue weighted by molar-refractivity contribution is -0.120. The minimum Gasteiger partial charge on any atom is -0.352 e. The van der Waals surface area contributed by atoms with Gasteiger partial charge in [-0.2, -0.15) is 0 Å². The normalized spacial score (nSPS) is 12.0. The Morgan fingerprint density at radius 3 is 2.20 bits per heavy atom. The average molecular weight is 360 g/mol. The van der Waals surface area contributed by atoms with E-state index >= 15 is 0 Å². The van der Waals surface area contributed by atoms with E-state index < -0.39 is 9.84 Å². The summed E-state index contributed by atoms with van der Waals surface area (Å²) in [5, 5.41) is 2.72. The van der Waals surface area contributed by atoms with E-state index in [4.69, 9.17) is 0 Å². The Labute approximate surface area is 149 Å². The SMILES string of the molecule is CC(C)(C)c1ccc(S(=O)(=O)CCC(=O)NCc2ccncc2)cc1. The Kier molecular flexibility index (Phi) is 5.95. The van der Waals surface area contributed by atoms with Crippen molar-refractivity contribution in [3.63, 3.8) is 0 Å². The molecule has 0 bridgehead atoms. The summed E-state index contributed by atoms with van der Waals surface area (Å²) in [7, 11) is -3.47. The number of benzene rings is 1. The van der Waals surface area contributed by atoms with Crippen LogP contribution in [0.25, 0.3) is 0 Å². The zero-order chi connectivity index (χ0) is 18.5. The van der Waals surface area contributed by atoms with Gasteiger partial charge < -0.3 is 5.32 Å². The molecule has 1 N–H and O–H groups in total. The summed E-state index contributed by atoms with van der Waals surface area (Å²) in [5.41, 5.74) is 1.96. The largest absolute Gasteiger partial charge is 0.352 e. The summed E-state index contributed by atoms with van der Waals surface area (Å²) in [6.07, 6.45) is 3.23. The van der Waals surface area contributed by atoms with Crippen LogP contribution < -0.4 is 5.32 Å². The Balaban J connectivity index is 1.91. The fourth-order valence-corrected chi connectivity index (χ4v) is 3.54. The first-order valence-electron chi connectivity index (χ1n) is 8.17. The Morgan fingerprint density at radius 1 is 1.04 bits per heavy atom. The van der Waals surface area contributed by atoms with Crippen LogP contribution in [0, 0.1) is 0 Å². The molecule has 0 aliphatic rings. The van der Waals surface area contributed by atoms with Gasteiger partial charge in [0.2, 0.25) is 5.91 Å². The van der Waals surface area contributed by atoms with Crippen LogP contribution in [0.4, 0.5) is 0 Å². The number of rotatable bonds is 6. The summed E-state index contributed by atoms with van der Waals surface area (Å²) in [6.45, 7) is 6.58. The zero-order valence-electron chi connectivity index (χ0n) is 14.8. The van der Waals surface area contributed by atoms with Crippen LogP contribution in [-0.4, -0.2) is 25.1 Å². The first kappa shape index (κ1) is 19.1. The van der Waals surface area contributed by atoms with Crippen LogP contribution in [-0.2, 0) is 26.6 Å². The number of sulfone groups is 1. The van der Waals surface area contributed by atoms with Crippen LogP contribution in [0.3, 0.4) is 0 Å². The first-order chi connectivity index (χ1) is 11.7. The lowest BCUT2D eigenvalue weighted by Crippen LogP contribution is -2.25. The van der Waals surface area contributed by atoms with Gasteiger partial charge in [-0.05, 0) is 40.8 Å². The van der Waals surface area contributed by atoms with Gasteiger partial charge in [-0.3, -0.25) is 9.78 Å². The molecule has 0 saturated heterocycles. The summed E-state index contributed by atoms with van der Waals surface area (Å²) in [4.78, 5) is 16.0. The minimum atomic E-state index is -3.47. The van der Waals surface area contributed by atoms with Gasteiger partial charge in [-0.1, -0.05) is 32.9 Å². The Bertz CT molecular complexity index is 808. The number of amides is 1. The molecule has 0 atom stereocenters. The quantitative estimate of drug-likeness (QED) is 0.859. The molecular formula is C19H24N2O3S. The molecular weight excluding hydrogens is 336 g/mol. The molecule has 2 rings (SSSR count). The Hall–Kier alpha value is -2.21. The molecule has 0 unspecified atom stereocenters. The number of nitrogens with one attached hydrogen (secondary N) is 1. The van der Waals surface area contributed by atoms with E-state index in [0.29, 0.717) is 6.54 Å². The van der Waals surface area contributed by atoms with Gasteiger partial charge >= 0.3 is 0 Å². The second kappa shape index (κ2) is 7.78. The van der Waals surface area contributed by atoms with Crippen molar-refractivity contribution in [1.29, 1.82) is 0 Å². The van der Waals surface area contributed by atoms with E-state index in [-0.39, 0.29) is 28.4 Å². The molecule has 1 amide bonds. The van der Waals surface area contributed by atoms with Crippen molar-refractivity contribution in [2.24, 2.45) is 0 Å². The predicted octanol–water partition coefficient (Wildman–Crippen LogP) is 2.86. The molecule has 25 heavy (non-hydrogen) atoms. The lowest BCUT2D eigenvalue weighted by atomic mass is 9.87. The zero-order valence-corrected chi connectivity index (χ0v) is 15.6. The smallest absolute Gasteiger partial charge is 0.221 e. The van der Waals surface area contributed by atoms with Crippen molar-refractivity contribution >= 4 is 15.7 Å². The molecule has 0 saturated carbocycles. The fraction of sp³-hybridized carbons (Fsp3) is 0.368. The minimum absolute atomic E-state index is 0.0326. The third-order valence-electron chi connectivity index (χ3n) is 3.92. The molecule has 0 aliphatic carbocycles. The maximum Gasteiger partial charge on any atom is 0.221 e. The van der Waals surface area contributed by atoms with Gasteiger partial charge in [-0.25, -0.2) is 8.42 Å².